The molecular formula is C37H55N2O12PS3. The number of thiazole rings is 1. The van der Waals surface area contributed by atoms with Crippen LogP contribution in [0, 0.1) is 0 Å². The summed E-state index contributed by atoms with van der Waals surface area (Å²) in [7, 11) is 1.28. The third kappa shape index (κ3) is 18.7. The quantitative estimate of drug-likeness (QED) is 0.0497. The van der Waals surface area contributed by atoms with Crippen molar-refractivity contribution in [3.8, 4) is 23.0 Å². The molecule has 0 aliphatic rings. The minimum Gasteiger partial charge on any atom is -0.493 e. The zero-order valence-corrected chi connectivity index (χ0v) is 36.4. The molecule has 308 valence electrons. The van der Waals surface area contributed by atoms with Crippen LogP contribution in [0.25, 0.3) is 0 Å². The number of nitrogens with one attached hydrogen (secondary N) is 1. The molecule has 0 unspecified atom stereocenters. The summed E-state index contributed by atoms with van der Waals surface area (Å²) in [5, 5.41) is 4.89. The van der Waals surface area contributed by atoms with Crippen molar-refractivity contribution in [3.63, 3.8) is 0 Å². The van der Waals surface area contributed by atoms with Gasteiger partial charge in [-0.15, -0.1) is 11.3 Å². The smallest absolute Gasteiger partial charge is 0.338 e. The van der Waals surface area contributed by atoms with Crippen LogP contribution in [0.5, 0.6) is 23.0 Å². The SMILES string of the molecule is CCOP(=O)(Cc1csc(NC(=O)c2cc(OCCSC)cc(O[C@@H](C)COC)c2)n1)OCC.COC[C@H](C)Oc1cc(OCCSC)cc(C(=O)OC)c1. The molecule has 0 saturated carbocycles. The van der Waals surface area contributed by atoms with E-state index >= 15 is 0 Å². The first-order valence-electron chi connectivity index (χ1n) is 17.5. The van der Waals surface area contributed by atoms with Crippen molar-refractivity contribution >= 4 is 59.5 Å². The lowest BCUT2D eigenvalue weighted by atomic mass is 10.2. The van der Waals surface area contributed by atoms with Crippen LogP contribution >= 0.6 is 42.5 Å². The fraction of sp³-hybridized carbons (Fsp3) is 0.541. The van der Waals surface area contributed by atoms with Gasteiger partial charge in [0.15, 0.2) is 5.13 Å². The molecule has 3 rings (SSSR count). The summed E-state index contributed by atoms with van der Waals surface area (Å²) in [6, 6.07) is 10.1. The zero-order chi connectivity index (χ0) is 40.6. The van der Waals surface area contributed by atoms with Gasteiger partial charge in [0.25, 0.3) is 5.91 Å². The maximum absolute atomic E-state index is 13.0. The normalized spacial score (nSPS) is 12.2. The number of carbonyl (C=O) groups is 2. The molecule has 0 aliphatic heterocycles. The van der Waals surface area contributed by atoms with Crippen molar-refractivity contribution in [1.82, 2.24) is 4.98 Å². The predicted molar refractivity (Wildman–Crippen MR) is 221 cm³/mol. The number of aromatic nitrogens is 1. The fourth-order valence-corrected chi connectivity index (χ4v) is 7.56. The lowest BCUT2D eigenvalue weighted by Crippen LogP contribution is -2.19. The van der Waals surface area contributed by atoms with Gasteiger partial charge in [-0.3, -0.25) is 14.7 Å². The largest absolute Gasteiger partial charge is 0.493 e. The van der Waals surface area contributed by atoms with Gasteiger partial charge in [-0.2, -0.15) is 23.5 Å². The third-order valence-electron chi connectivity index (χ3n) is 6.81. The first kappa shape index (κ1) is 48.1. The monoisotopic (exact) mass is 846 g/mol. The van der Waals surface area contributed by atoms with E-state index in [2.05, 4.69) is 10.3 Å². The fourth-order valence-electron chi connectivity index (χ4n) is 4.63. The number of nitrogens with zero attached hydrogens (tertiary/aromatic N) is 1. The molecule has 0 bridgehead atoms. The van der Waals surface area contributed by atoms with Gasteiger partial charge in [0, 0.05) is 48.8 Å². The molecule has 18 heteroatoms. The highest BCUT2D eigenvalue weighted by atomic mass is 32.2. The topological polar surface area (TPSA) is 159 Å². The Balaban J connectivity index is 0.000000426. The van der Waals surface area contributed by atoms with Crippen molar-refractivity contribution in [3.05, 3.63) is 58.6 Å². The van der Waals surface area contributed by atoms with Crippen LogP contribution in [0.15, 0.2) is 41.8 Å². The molecule has 1 aromatic heterocycles. The Labute approximate surface area is 337 Å². The van der Waals surface area contributed by atoms with E-state index in [1.807, 2.05) is 26.4 Å². The zero-order valence-electron chi connectivity index (χ0n) is 33.1. The van der Waals surface area contributed by atoms with Crippen LogP contribution < -0.4 is 24.3 Å². The number of carbonyl (C=O) groups excluding carboxylic acids is 2. The van der Waals surface area contributed by atoms with Gasteiger partial charge < -0.3 is 42.2 Å². The second-order valence-corrected chi connectivity index (χ2v) is 16.4. The average Bonchev–Trinajstić information content (AvgIpc) is 3.57. The van der Waals surface area contributed by atoms with E-state index in [0.29, 0.717) is 71.4 Å². The van der Waals surface area contributed by atoms with Crippen molar-refractivity contribution in [2.75, 3.05) is 90.3 Å². The number of ether oxygens (including phenoxy) is 7. The Morgan fingerprint density at radius 3 is 1.75 bits per heavy atom. The number of benzene rings is 2. The summed E-state index contributed by atoms with van der Waals surface area (Å²) in [6.45, 7) is 9.78. The summed E-state index contributed by atoms with van der Waals surface area (Å²) < 4.78 is 61.3. The predicted octanol–water partition coefficient (Wildman–Crippen LogP) is 7.95. The Morgan fingerprint density at radius 1 is 0.782 bits per heavy atom. The summed E-state index contributed by atoms with van der Waals surface area (Å²) in [6.07, 6.45) is 3.72. The summed E-state index contributed by atoms with van der Waals surface area (Å²) in [4.78, 5) is 29.0. The number of thioether (sulfide) groups is 2. The van der Waals surface area contributed by atoms with Gasteiger partial charge in [-0.1, -0.05) is 0 Å². The van der Waals surface area contributed by atoms with Crippen LogP contribution in [0.4, 0.5) is 5.13 Å². The maximum atomic E-state index is 13.0. The Hall–Kier alpha value is -3.02. The molecule has 1 amide bonds. The highest BCUT2D eigenvalue weighted by Gasteiger charge is 2.26. The van der Waals surface area contributed by atoms with Crippen molar-refractivity contribution in [2.45, 2.75) is 46.1 Å². The average molecular weight is 847 g/mol. The molecule has 3 aromatic rings. The minimum atomic E-state index is -3.28. The van der Waals surface area contributed by atoms with Crippen LogP contribution in [0.3, 0.4) is 0 Å². The molecule has 1 heterocycles. The van der Waals surface area contributed by atoms with Crippen LogP contribution in [-0.2, 0) is 34.0 Å². The molecule has 2 aromatic carbocycles. The Morgan fingerprint density at radius 2 is 1.27 bits per heavy atom. The standard InChI is InChI=1S/C22H33N2O7PS2.C15H22O5S/c1-6-29-32(26,30-7-2)14-18-15-34-22(23-18)24-21(25)17-10-19(28-8-9-33-5)12-20(11-17)31-16(3)13-27-4;1-11(10-17-2)20-14-8-12(15(16)18-3)7-13(9-14)19-5-6-21-4/h10-12,15-16H,6-9,13-14H2,1-5H3,(H,23,24,25);7-9,11H,5-6,10H2,1-4H3/t16-;11-/m00/s1. The maximum Gasteiger partial charge on any atom is 0.338 e. The van der Waals surface area contributed by atoms with Crippen molar-refractivity contribution in [2.24, 2.45) is 0 Å². The second-order valence-electron chi connectivity index (χ2n) is 11.5. The highest BCUT2D eigenvalue weighted by Crippen LogP contribution is 2.51. The van der Waals surface area contributed by atoms with E-state index in [1.165, 1.54) is 18.4 Å². The van der Waals surface area contributed by atoms with Gasteiger partial charge in [-0.05, 0) is 64.5 Å². The van der Waals surface area contributed by atoms with Crippen LogP contribution in [0.2, 0.25) is 0 Å². The lowest BCUT2D eigenvalue weighted by Gasteiger charge is -2.16. The molecule has 55 heavy (non-hydrogen) atoms. The number of esters is 1. The number of amides is 1. The molecule has 14 nitrogen and oxygen atoms in total. The van der Waals surface area contributed by atoms with Crippen molar-refractivity contribution in [1.29, 1.82) is 0 Å². The van der Waals surface area contributed by atoms with E-state index in [-0.39, 0.29) is 37.5 Å². The summed E-state index contributed by atoms with van der Waals surface area (Å²) in [5.74, 6) is 3.10. The first-order valence-corrected chi connectivity index (χ1v) is 22.9. The molecule has 2 atom stereocenters. The van der Waals surface area contributed by atoms with E-state index in [9.17, 15) is 14.2 Å². The van der Waals surface area contributed by atoms with E-state index in [4.69, 9.17) is 42.2 Å². The first-order chi connectivity index (χ1) is 26.4. The van der Waals surface area contributed by atoms with Crippen LogP contribution in [-0.4, -0.2) is 114 Å². The molecule has 0 radical (unpaired) electrons. The van der Waals surface area contributed by atoms with Gasteiger partial charge >= 0.3 is 13.6 Å². The van der Waals surface area contributed by atoms with Crippen LogP contribution in [0.1, 0.15) is 54.1 Å². The lowest BCUT2D eigenvalue weighted by molar-refractivity contribution is 0.0598. The number of hydrogen-bond donors (Lipinski definition) is 1. The van der Waals surface area contributed by atoms with Crippen molar-refractivity contribution < 1.29 is 56.4 Å². The Bertz CT molecular complexity index is 1620. The van der Waals surface area contributed by atoms with E-state index in [1.54, 1.807) is 93.4 Å². The summed E-state index contributed by atoms with van der Waals surface area (Å²) >= 11 is 4.60. The third-order valence-corrected chi connectivity index (χ3v) is 10.8. The number of hydrogen-bond acceptors (Lipinski definition) is 16. The Kier molecular flexibility index (Phi) is 23.4. The van der Waals surface area contributed by atoms with E-state index in [0.717, 1.165) is 11.5 Å². The number of methoxy groups -OCH3 is 3. The van der Waals surface area contributed by atoms with E-state index < -0.39 is 13.6 Å². The number of anilines is 1. The molecular weight excluding hydrogens is 792 g/mol. The van der Waals surface area contributed by atoms with Gasteiger partial charge in [0.05, 0.1) is 64.2 Å². The molecule has 0 spiro atoms. The molecule has 0 aliphatic carbocycles. The molecule has 0 saturated heterocycles. The molecule has 1 N–H and O–H groups in total. The number of rotatable bonds is 25. The minimum absolute atomic E-state index is 0.0369. The van der Waals surface area contributed by atoms with Gasteiger partial charge in [-0.25, -0.2) is 9.78 Å². The summed E-state index contributed by atoms with van der Waals surface area (Å²) in [5.41, 5.74) is 1.29. The molecule has 0 fully saturated rings. The second kappa shape index (κ2) is 26.8. The van der Waals surface area contributed by atoms with Gasteiger partial charge in [0.1, 0.15) is 35.2 Å². The highest BCUT2D eigenvalue weighted by molar-refractivity contribution is 7.98. The van der Waals surface area contributed by atoms with Gasteiger partial charge in [0.2, 0.25) is 0 Å².